The Morgan fingerprint density at radius 1 is 1.62 bits per heavy atom. The van der Waals surface area contributed by atoms with Gasteiger partial charge >= 0.3 is 0 Å². The molecular weight excluding hydrogens is 176 g/mol. The van der Waals surface area contributed by atoms with Crippen LogP contribution < -0.4 is 16.6 Å². The quantitative estimate of drug-likeness (QED) is 0.181. The lowest BCUT2D eigenvalue weighted by molar-refractivity contribution is -0.115. The first kappa shape index (κ1) is 11.7. The van der Waals surface area contributed by atoms with Gasteiger partial charge in [-0.2, -0.15) is 10.4 Å². The first-order valence-corrected chi connectivity index (χ1v) is 3.44. The van der Waals surface area contributed by atoms with Crippen LogP contribution in [0.15, 0.2) is 12.3 Å². The van der Waals surface area contributed by atoms with E-state index in [1.165, 1.54) is 12.1 Å². The molecule has 0 unspecified atom stereocenters. The maximum absolute atomic E-state index is 10.3. The van der Waals surface area contributed by atoms with Crippen molar-refractivity contribution in [2.24, 2.45) is 0 Å². The lowest BCUT2D eigenvalue weighted by Crippen LogP contribution is -2.48. The Hall–Kier alpha value is -1.28. The summed E-state index contributed by atoms with van der Waals surface area (Å²) in [7, 11) is 1.54. The molecule has 0 aromatic rings. The SMILES string of the molecule is C=C(C=O)N(CC=O)NNONC. The summed E-state index contributed by atoms with van der Waals surface area (Å²) in [5, 5.41) is 1.18. The van der Waals surface area contributed by atoms with Gasteiger partial charge in [0.15, 0.2) is 6.29 Å². The van der Waals surface area contributed by atoms with E-state index < -0.39 is 0 Å². The highest BCUT2D eigenvalue weighted by Gasteiger charge is 2.04. The van der Waals surface area contributed by atoms with Crippen molar-refractivity contribution in [1.82, 2.24) is 21.6 Å². The third-order valence-electron chi connectivity index (χ3n) is 1.07. The Bertz CT molecular complexity index is 185. The minimum Gasteiger partial charge on any atom is -0.301 e. The second kappa shape index (κ2) is 7.37. The van der Waals surface area contributed by atoms with E-state index in [4.69, 9.17) is 0 Å². The standard InChI is InChI=1S/C6H12N4O3/c1-6(5-12)10(3-4-11)8-9-13-7-2/h4-5,7-9H,1,3H2,2H3. The molecule has 0 spiro atoms. The summed E-state index contributed by atoms with van der Waals surface area (Å²) in [5.74, 6) is 0. The number of aldehydes is 2. The zero-order valence-electron chi connectivity index (χ0n) is 7.24. The van der Waals surface area contributed by atoms with Crippen LogP contribution in [-0.2, 0) is 14.5 Å². The second-order valence-electron chi connectivity index (χ2n) is 1.91. The predicted octanol–water partition coefficient (Wildman–Crippen LogP) is -1.72. The molecule has 0 rings (SSSR count). The number of carbonyl (C=O) groups is 2. The van der Waals surface area contributed by atoms with E-state index in [0.717, 1.165) is 0 Å². The van der Waals surface area contributed by atoms with Crippen LogP contribution in [0, 0.1) is 0 Å². The average Bonchev–Trinajstić information content (AvgIpc) is 2.16. The summed E-state index contributed by atoms with van der Waals surface area (Å²) in [5.41, 5.74) is 7.06. The van der Waals surface area contributed by atoms with Gasteiger partial charge in [0.2, 0.25) is 0 Å². The van der Waals surface area contributed by atoms with E-state index >= 15 is 0 Å². The molecule has 0 atom stereocenters. The van der Waals surface area contributed by atoms with Crippen molar-refractivity contribution in [3.63, 3.8) is 0 Å². The number of nitrogens with one attached hydrogen (secondary N) is 3. The molecule has 0 aliphatic rings. The smallest absolute Gasteiger partial charge is 0.166 e. The van der Waals surface area contributed by atoms with E-state index in [2.05, 4.69) is 28.1 Å². The molecule has 0 saturated carbocycles. The van der Waals surface area contributed by atoms with E-state index in [0.29, 0.717) is 12.6 Å². The molecule has 0 bridgehead atoms. The molecular formula is C6H12N4O3. The lowest BCUT2D eigenvalue weighted by Gasteiger charge is -2.21. The molecule has 13 heavy (non-hydrogen) atoms. The first-order valence-electron chi connectivity index (χ1n) is 3.44. The first-order chi connectivity index (χ1) is 6.26. The van der Waals surface area contributed by atoms with Gasteiger partial charge in [-0.15, -0.1) is 5.53 Å². The Morgan fingerprint density at radius 2 is 2.31 bits per heavy atom. The molecule has 3 N–H and O–H groups in total. The van der Waals surface area contributed by atoms with E-state index in [9.17, 15) is 9.59 Å². The molecule has 74 valence electrons. The normalized spacial score (nSPS) is 9.31. The number of hydrogen-bond donors (Lipinski definition) is 3. The summed E-state index contributed by atoms with van der Waals surface area (Å²) in [6.07, 6.45) is 1.13. The summed E-state index contributed by atoms with van der Waals surface area (Å²) >= 11 is 0. The number of hydroxylamine groups is 1. The van der Waals surface area contributed by atoms with Gasteiger partial charge in [-0.05, 0) is 0 Å². The van der Waals surface area contributed by atoms with Crippen LogP contribution in [0.25, 0.3) is 0 Å². The molecule has 7 heteroatoms. The van der Waals surface area contributed by atoms with Crippen molar-refractivity contribution >= 4 is 12.6 Å². The minimum atomic E-state index is -0.0162. The van der Waals surface area contributed by atoms with Gasteiger partial charge in [-0.1, -0.05) is 12.2 Å². The van der Waals surface area contributed by atoms with Gasteiger partial charge in [-0.3, -0.25) is 9.80 Å². The number of allylic oxidation sites excluding steroid dienone is 1. The monoisotopic (exact) mass is 188 g/mol. The summed E-state index contributed by atoms with van der Waals surface area (Å²) in [6.45, 7) is 3.38. The maximum Gasteiger partial charge on any atom is 0.166 e. The zero-order chi connectivity index (χ0) is 10.1. The summed E-state index contributed by atoms with van der Waals surface area (Å²) in [6, 6.07) is 0. The highest BCUT2D eigenvalue weighted by molar-refractivity contribution is 5.71. The van der Waals surface area contributed by atoms with Crippen molar-refractivity contribution in [2.45, 2.75) is 0 Å². The summed E-state index contributed by atoms with van der Waals surface area (Å²) < 4.78 is 0. The molecule has 0 heterocycles. The van der Waals surface area contributed by atoms with E-state index in [1.54, 1.807) is 0 Å². The number of hydrazine groups is 2. The minimum absolute atomic E-state index is 0.0162. The highest BCUT2D eigenvalue weighted by atomic mass is 16.8. The van der Waals surface area contributed by atoms with E-state index in [-0.39, 0.29) is 12.2 Å². The van der Waals surface area contributed by atoms with Crippen molar-refractivity contribution in [1.29, 1.82) is 0 Å². The van der Waals surface area contributed by atoms with Gasteiger partial charge in [0.25, 0.3) is 0 Å². The summed E-state index contributed by atoms with van der Waals surface area (Å²) in [4.78, 5) is 24.9. The molecule has 0 aromatic carbocycles. The van der Waals surface area contributed by atoms with Crippen molar-refractivity contribution in [3.05, 3.63) is 12.3 Å². The highest BCUT2D eigenvalue weighted by Crippen LogP contribution is 1.89. The van der Waals surface area contributed by atoms with Crippen LogP contribution in [0.4, 0.5) is 0 Å². The number of hydrogen-bond acceptors (Lipinski definition) is 7. The fourth-order valence-corrected chi connectivity index (χ4v) is 0.502. The van der Waals surface area contributed by atoms with Crippen molar-refractivity contribution in [2.75, 3.05) is 13.6 Å². The molecule has 0 aliphatic heterocycles. The molecule has 0 amide bonds. The van der Waals surface area contributed by atoms with Crippen LogP contribution in [0.3, 0.4) is 0 Å². The number of rotatable bonds is 8. The molecule has 0 radical (unpaired) electrons. The third-order valence-corrected chi connectivity index (χ3v) is 1.07. The van der Waals surface area contributed by atoms with Gasteiger partial charge in [-0.25, -0.2) is 0 Å². The molecule has 0 aliphatic carbocycles. The number of carbonyl (C=O) groups excluding carboxylic acids is 2. The fourth-order valence-electron chi connectivity index (χ4n) is 0.502. The molecule has 7 nitrogen and oxygen atoms in total. The average molecular weight is 188 g/mol. The van der Waals surface area contributed by atoms with Crippen LogP contribution in [0.5, 0.6) is 0 Å². The second-order valence-corrected chi connectivity index (χ2v) is 1.91. The van der Waals surface area contributed by atoms with Gasteiger partial charge in [0.1, 0.15) is 6.29 Å². The van der Waals surface area contributed by atoms with Crippen LogP contribution in [-0.4, -0.2) is 31.2 Å². The Morgan fingerprint density at radius 3 is 2.77 bits per heavy atom. The lowest BCUT2D eigenvalue weighted by atomic mass is 10.5. The molecule has 0 aromatic heterocycles. The zero-order valence-corrected chi connectivity index (χ0v) is 7.24. The van der Waals surface area contributed by atoms with Crippen LogP contribution in [0.2, 0.25) is 0 Å². The van der Waals surface area contributed by atoms with Crippen molar-refractivity contribution < 1.29 is 14.5 Å². The maximum atomic E-state index is 10.3. The predicted molar refractivity (Wildman–Crippen MR) is 44.4 cm³/mol. The van der Waals surface area contributed by atoms with Gasteiger partial charge < -0.3 is 4.79 Å². The third kappa shape index (κ3) is 5.04. The molecule has 0 saturated heterocycles. The number of nitrogens with zero attached hydrogens (tertiary/aromatic N) is 1. The van der Waals surface area contributed by atoms with Gasteiger partial charge in [0.05, 0.1) is 12.2 Å². The van der Waals surface area contributed by atoms with Crippen molar-refractivity contribution in [3.8, 4) is 0 Å². The van der Waals surface area contributed by atoms with Gasteiger partial charge in [0, 0.05) is 7.05 Å². The fraction of sp³-hybridized carbons (Fsp3) is 0.333. The van der Waals surface area contributed by atoms with E-state index in [1.807, 2.05) is 0 Å². The largest absolute Gasteiger partial charge is 0.301 e. The Kier molecular flexibility index (Phi) is 6.65. The Balaban J connectivity index is 3.86. The topological polar surface area (TPSA) is 82.7 Å². The Labute approximate surface area is 75.6 Å². The molecule has 0 fully saturated rings. The van der Waals surface area contributed by atoms with Crippen LogP contribution >= 0.6 is 0 Å². The van der Waals surface area contributed by atoms with Crippen LogP contribution in [0.1, 0.15) is 0 Å².